The first-order chi connectivity index (χ1) is 36.5. The Balaban J connectivity index is 1.00. The first-order valence-corrected chi connectivity index (χ1v) is 27.8. The van der Waals surface area contributed by atoms with Crippen LogP contribution in [0, 0.1) is 50.2 Å². The van der Waals surface area contributed by atoms with E-state index >= 15 is 0 Å². The number of aliphatic hydroxyl groups is 13. The molecule has 0 aromatic carbocycles. The molecule has 4 heterocycles. The third-order valence-corrected chi connectivity index (χ3v) is 21.4. The molecule has 4 saturated carbocycles. The summed E-state index contributed by atoms with van der Waals surface area (Å²) in [6, 6.07) is 0. The molecule has 4 aliphatic heterocycles. The number of carbonyl (C=O) groups is 2. The van der Waals surface area contributed by atoms with Gasteiger partial charge in [0.05, 0.1) is 31.3 Å². The molecule has 446 valence electrons. The smallest absolute Gasteiger partial charge is 0.335 e. The summed E-state index contributed by atoms with van der Waals surface area (Å²) >= 11 is 0. The molecular formula is C54H86O24. The van der Waals surface area contributed by atoms with Crippen molar-refractivity contribution in [2.45, 2.75) is 242 Å². The minimum atomic E-state index is -2.16. The molecule has 78 heavy (non-hydrogen) atoms. The quantitative estimate of drug-likeness (QED) is 0.0574. The molecule has 0 unspecified atom stereocenters. The van der Waals surface area contributed by atoms with Gasteiger partial charge in [0.1, 0.15) is 91.6 Å². The molecule has 9 aliphatic rings. The van der Waals surface area contributed by atoms with Crippen molar-refractivity contribution in [1.82, 2.24) is 0 Å². The third-order valence-electron chi connectivity index (χ3n) is 21.4. The van der Waals surface area contributed by atoms with Crippen molar-refractivity contribution in [2.24, 2.45) is 50.2 Å². The van der Waals surface area contributed by atoms with Crippen LogP contribution in [0.25, 0.3) is 0 Å². The molecule has 24 nitrogen and oxygen atoms in total. The first kappa shape index (κ1) is 60.5. The van der Waals surface area contributed by atoms with Gasteiger partial charge in [-0.2, -0.15) is 0 Å². The van der Waals surface area contributed by atoms with Gasteiger partial charge in [0.15, 0.2) is 25.0 Å². The number of carboxylic acids is 1. The van der Waals surface area contributed by atoms with Crippen LogP contribution < -0.4 is 0 Å². The van der Waals surface area contributed by atoms with E-state index in [0.717, 1.165) is 19.3 Å². The maximum Gasteiger partial charge on any atom is 0.335 e. The number of ether oxygens (including phenoxy) is 8. The van der Waals surface area contributed by atoms with Crippen molar-refractivity contribution in [1.29, 1.82) is 0 Å². The normalized spacial score (nSPS) is 52.8. The van der Waals surface area contributed by atoms with E-state index in [9.17, 15) is 81.1 Å². The molecule has 4 saturated heterocycles. The van der Waals surface area contributed by atoms with E-state index < -0.39 is 172 Å². The Labute approximate surface area is 453 Å². The summed E-state index contributed by atoms with van der Waals surface area (Å²) < 4.78 is 48.2. The highest BCUT2D eigenvalue weighted by molar-refractivity contribution is 5.79. The van der Waals surface area contributed by atoms with Crippen LogP contribution in [0.4, 0.5) is 0 Å². The highest BCUT2D eigenvalue weighted by Gasteiger charge is 2.70. The second kappa shape index (κ2) is 21.8. The number of hydrogen-bond donors (Lipinski definition) is 14. The molecule has 5 aliphatic carbocycles. The molecule has 9 rings (SSSR count). The molecule has 24 heteroatoms. The van der Waals surface area contributed by atoms with E-state index in [2.05, 4.69) is 54.5 Å². The Morgan fingerprint density at radius 3 is 1.60 bits per heavy atom. The molecule has 0 spiro atoms. The lowest BCUT2D eigenvalue weighted by Gasteiger charge is -2.71. The lowest BCUT2D eigenvalue weighted by molar-refractivity contribution is -0.396. The van der Waals surface area contributed by atoms with Crippen molar-refractivity contribution in [3.8, 4) is 0 Å². The monoisotopic (exact) mass is 1120 g/mol. The number of aliphatic carboxylic acids is 1. The van der Waals surface area contributed by atoms with Gasteiger partial charge in [0, 0.05) is 0 Å². The summed E-state index contributed by atoms with van der Waals surface area (Å²) in [5.74, 6) is -2.33. The predicted molar refractivity (Wildman–Crippen MR) is 263 cm³/mol. The summed E-state index contributed by atoms with van der Waals surface area (Å²) in [7, 11) is 0. The summed E-state index contributed by atoms with van der Waals surface area (Å²) in [4.78, 5) is 27.7. The van der Waals surface area contributed by atoms with Gasteiger partial charge in [-0.15, -0.1) is 0 Å². The van der Waals surface area contributed by atoms with Crippen molar-refractivity contribution < 1.29 is 119 Å². The van der Waals surface area contributed by atoms with Crippen molar-refractivity contribution in [3.63, 3.8) is 0 Å². The van der Waals surface area contributed by atoms with Gasteiger partial charge < -0.3 is 109 Å². The summed E-state index contributed by atoms with van der Waals surface area (Å²) in [6.45, 7) is 13.2. The first-order valence-electron chi connectivity index (χ1n) is 27.8. The van der Waals surface area contributed by atoms with Gasteiger partial charge in [-0.1, -0.05) is 60.1 Å². The van der Waals surface area contributed by atoms with Crippen molar-refractivity contribution in [2.75, 3.05) is 19.8 Å². The Morgan fingerprint density at radius 1 is 0.551 bits per heavy atom. The standard InChI is InChI=1S/C54H86O24/c1-49(2)14-16-54(48(70)78-46-38(66)35(63)32(60)26(21-57)73-46)17-15-52(6)22(23(54)18-49)8-9-28-51(5)12-11-29(50(3,4)27(51)10-13-53(28,52)7)74-47-42(77-45-37(65)34(62)31(59)25(20-56)72-45)40(39(67)41(76-47)43(68)69)75-44-36(64)33(61)30(58)24(19-55)71-44/h8,23-42,44-47,55-67H,9-21H2,1-7H3,(H,68,69)/t23-,24-,25+,26-,27-,28-,29-,30-,31-,32-,33+,34-,35+,36-,37+,38-,39-,40+,41-,42+,44+,45+,46+,47-,51-,52+,53-,54-/m1/s1. The summed E-state index contributed by atoms with van der Waals surface area (Å²) in [5.41, 5.74) is -1.57. The number of carboxylic acid groups (broad SMARTS) is 1. The van der Waals surface area contributed by atoms with E-state index in [1.54, 1.807) is 0 Å². The average Bonchev–Trinajstić information content (AvgIpc) is 3.56. The predicted octanol–water partition coefficient (Wildman–Crippen LogP) is -1.94. The van der Waals surface area contributed by atoms with E-state index in [1.165, 1.54) is 5.57 Å². The Kier molecular flexibility index (Phi) is 16.9. The average molecular weight is 1120 g/mol. The molecule has 0 radical (unpaired) electrons. The van der Waals surface area contributed by atoms with Gasteiger partial charge in [-0.25, -0.2) is 4.79 Å². The van der Waals surface area contributed by atoms with Gasteiger partial charge >= 0.3 is 11.9 Å². The van der Waals surface area contributed by atoms with Crippen LogP contribution in [0.5, 0.6) is 0 Å². The van der Waals surface area contributed by atoms with E-state index in [-0.39, 0.29) is 39.4 Å². The maximum absolute atomic E-state index is 14.8. The number of fused-ring (bicyclic) bond motifs is 7. The zero-order valence-corrected chi connectivity index (χ0v) is 45.5. The van der Waals surface area contributed by atoms with Crippen LogP contribution in [0.2, 0.25) is 0 Å². The van der Waals surface area contributed by atoms with Crippen LogP contribution >= 0.6 is 0 Å². The highest BCUT2D eigenvalue weighted by Crippen LogP contribution is 2.76. The SMILES string of the molecule is CC1(C)CC[C@@]2(C(=O)O[C@@H]3O[C@H](CO)[C@@H](O)[C@H](O)[C@H]3O)CC[C@@]3(C)C(=CC[C@@H]4[C@]5(C)CC[C@@H](O[C@@H]6O[C@@H](C(=O)O)[C@H](O)[C@H](O[C@@H]7O[C@H](CO)[C@@H](O)[C@H](O)[C@H]7O)[C@@H]6O[C@@H]6O[C@@H](CO)[C@@H](O)[C@@H](O)[C@@H]6O)C(C)(C)[C@H]5CC[C@]43C)[C@H]2C1. The second-order valence-corrected chi connectivity index (χ2v) is 26.3. The van der Waals surface area contributed by atoms with E-state index in [4.69, 9.17) is 37.9 Å². The second-order valence-electron chi connectivity index (χ2n) is 26.3. The zero-order valence-electron chi connectivity index (χ0n) is 45.5. The van der Waals surface area contributed by atoms with Crippen LogP contribution in [0.15, 0.2) is 11.6 Å². The molecule has 28 atom stereocenters. The fourth-order valence-electron chi connectivity index (χ4n) is 16.5. The highest BCUT2D eigenvalue weighted by atomic mass is 16.8. The molecule has 0 aromatic heterocycles. The van der Waals surface area contributed by atoms with Crippen LogP contribution in [-0.2, 0) is 47.5 Å². The number of carbonyl (C=O) groups excluding carboxylic acids is 1. The molecule has 0 bridgehead atoms. The molecule has 0 amide bonds. The largest absolute Gasteiger partial charge is 0.479 e. The molecule has 0 aromatic rings. The van der Waals surface area contributed by atoms with Crippen molar-refractivity contribution in [3.05, 3.63) is 11.6 Å². The van der Waals surface area contributed by atoms with Crippen molar-refractivity contribution >= 4 is 11.9 Å². The number of aliphatic hydroxyl groups excluding tert-OH is 13. The fourth-order valence-corrected chi connectivity index (χ4v) is 16.5. The van der Waals surface area contributed by atoms with E-state index in [0.29, 0.717) is 44.9 Å². The van der Waals surface area contributed by atoms with Crippen LogP contribution in [-0.4, -0.2) is 232 Å². The van der Waals surface area contributed by atoms with Crippen LogP contribution in [0.3, 0.4) is 0 Å². The Bertz CT molecular complexity index is 2190. The van der Waals surface area contributed by atoms with Gasteiger partial charge in [-0.05, 0) is 109 Å². The Morgan fingerprint density at radius 2 is 1.06 bits per heavy atom. The molecular weight excluding hydrogens is 1030 g/mol. The minimum absolute atomic E-state index is 0.0272. The van der Waals surface area contributed by atoms with Crippen LogP contribution in [0.1, 0.15) is 113 Å². The number of esters is 1. The van der Waals surface area contributed by atoms with Gasteiger partial charge in [0.25, 0.3) is 0 Å². The zero-order chi connectivity index (χ0) is 57.1. The number of rotatable bonds is 12. The van der Waals surface area contributed by atoms with E-state index in [1.807, 2.05) is 0 Å². The molecule has 14 N–H and O–H groups in total. The minimum Gasteiger partial charge on any atom is -0.479 e. The lowest BCUT2D eigenvalue weighted by Crippen LogP contribution is -2.68. The van der Waals surface area contributed by atoms with Gasteiger partial charge in [0.2, 0.25) is 6.29 Å². The third kappa shape index (κ3) is 9.72. The maximum atomic E-state index is 14.8. The topological polar surface area (TPSA) is 391 Å². The lowest BCUT2D eigenvalue weighted by atomic mass is 9.33. The van der Waals surface area contributed by atoms with Gasteiger partial charge in [-0.3, -0.25) is 4.79 Å². The summed E-state index contributed by atoms with van der Waals surface area (Å²) in [6.07, 6.45) is -28.0. The molecule has 8 fully saturated rings. The Hall–Kier alpha value is -2.12. The fraction of sp³-hybridized carbons (Fsp3) is 0.926. The number of allylic oxidation sites excluding steroid dienone is 2. The summed E-state index contributed by atoms with van der Waals surface area (Å²) in [5, 5.41) is 149. The number of hydrogen-bond acceptors (Lipinski definition) is 23.